The van der Waals surface area contributed by atoms with Crippen LogP contribution in [0.4, 0.5) is 11.5 Å². The minimum atomic E-state index is -0.555. The number of carbonyl (C=O) groups is 2. The Balaban J connectivity index is 1.88. The van der Waals surface area contributed by atoms with Gasteiger partial charge in [-0.2, -0.15) is 5.10 Å². The fraction of sp³-hybridized carbons (Fsp3) is 0.346. The molecule has 0 aliphatic rings. The summed E-state index contributed by atoms with van der Waals surface area (Å²) < 4.78 is 1.63. The van der Waals surface area contributed by atoms with Crippen LogP contribution in [0.3, 0.4) is 0 Å². The molecule has 0 radical (unpaired) electrons. The van der Waals surface area contributed by atoms with Crippen molar-refractivity contribution < 1.29 is 14.5 Å². The number of non-ortho nitro benzene ring substituents is 1. The van der Waals surface area contributed by atoms with Crippen LogP contribution in [0.25, 0.3) is 5.69 Å². The molecule has 0 spiro atoms. The summed E-state index contributed by atoms with van der Waals surface area (Å²) in [4.78, 5) is 38.3. The van der Waals surface area contributed by atoms with Gasteiger partial charge < -0.3 is 10.2 Å². The van der Waals surface area contributed by atoms with Crippen LogP contribution in [0.5, 0.6) is 0 Å². The van der Waals surface area contributed by atoms with Crippen molar-refractivity contribution in [2.45, 2.75) is 40.0 Å². The molecule has 9 nitrogen and oxygen atoms in total. The van der Waals surface area contributed by atoms with Gasteiger partial charge in [0, 0.05) is 40.7 Å². The monoisotopic (exact) mass is 511 g/mol. The Morgan fingerprint density at radius 3 is 2.39 bits per heavy atom. The van der Waals surface area contributed by atoms with Crippen molar-refractivity contribution in [3.63, 3.8) is 0 Å². The number of anilines is 1. The molecule has 3 rings (SSSR count). The number of aromatic nitrogens is 2. The number of nitro benzene ring substituents is 1. The van der Waals surface area contributed by atoms with E-state index >= 15 is 0 Å². The molecule has 1 aromatic heterocycles. The minimum Gasteiger partial charge on any atom is -0.329 e. The topological polar surface area (TPSA) is 110 Å². The quantitative estimate of drug-likeness (QED) is 0.318. The molecule has 3 aromatic rings. The predicted octanol–water partition coefficient (Wildman–Crippen LogP) is 5.47. The normalized spacial score (nSPS) is 11.4. The molecule has 190 valence electrons. The number of nitrogens with one attached hydrogen (secondary N) is 1. The maximum atomic E-state index is 13.2. The summed E-state index contributed by atoms with van der Waals surface area (Å²) in [6.45, 7) is 10.0. The average molecular weight is 512 g/mol. The average Bonchev–Trinajstić information content (AvgIpc) is 3.22. The van der Waals surface area contributed by atoms with Crippen LogP contribution in [-0.2, 0) is 10.2 Å². The van der Waals surface area contributed by atoms with Crippen LogP contribution < -0.4 is 5.32 Å². The van der Waals surface area contributed by atoms with Gasteiger partial charge in [-0.05, 0) is 36.2 Å². The van der Waals surface area contributed by atoms with Gasteiger partial charge in [0.15, 0.2) is 0 Å². The maximum absolute atomic E-state index is 13.2. The Bertz CT molecular complexity index is 1260. The van der Waals surface area contributed by atoms with E-state index in [0.29, 0.717) is 17.4 Å². The van der Waals surface area contributed by atoms with Crippen LogP contribution in [-0.4, -0.2) is 44.5 Å². The molecule has 36 heavy (non-hydrogen) atoms. The van der Waals surface area contributed by atoms with Crippen LogP contribution in [0, 0.1) is 16.0 Å². The van der Waals surface area contributed by atoms with Crippen molar-refractivity contribution in [1.82, 2.24) is 14.7 Å². The second kappa shape index (κ2) is 10.9. The third-order valence-electron chi connectivity index (χ3n) is 5.33. The molecular weight excluding hydrogens is 482 g/mol. The number of hydrogen-bond donors (Lipinski definition) is 1. The summed E-state index contributed by atoms with van der Waals surface area (Å²) in [6, 6.07) is 14.4. The second-order valence-electron chi connectivity index (χ2n) is 9.99. The summed E-state index contributed by atoms with van der Waals surface area (Å²) in [7, 11) is 0. The molecule has 0 bridgehead atoms. The zero-order valence-corrected chi connectivity index (χ0v) is 21.7. The number of nitrogens with zero attached hydrogens (tertiary/aromatic N) is 4. The van der Waals surface area contributed by atoms with E-state index in [-0.39, 0.29) is 29.1 Å². The van der Waals surface area contributed by atoms with Gasteiger partial charge in [0.25, 0.3) is 11.6 Å². The van der Waals surface area contributed by atoms with Gasteiger partial charge in [0.1, 0.15) is 12.4 Å². The van der Waals surface area contributed by atoms with Crippen LogP contribution in [0.15, 0.2) is 54.6 Å². The highest BCUT2D eigenvalue weighted by Crippen LogP contribution is 2.27. The fourth-order valence-electron chi connectivity index (χ4n) is 3.57. The number of halogens is 1. The molecule has 0 aliphatic heterocycles. The lowest BCUT2D eigenvalue weighted by Crippen LogP contribution is -2.40. The molecule has 0 saturated heterocycles. The molecule has 10 heteroatoms. The molecule has 0 saturated carbocycles. The largest absolute Gasteiger partial charge is 0.329 e. The number of hydrogen-bond acceptors (Lipinski definition) is 5. The number of nitro groups is 1. The Kier molecular flexibility index (Phi) is 8.14. The van der Waals surface area contributed by atoms with E-state index in [4.69, 9.17) is 11.6 Å². The minimum absolute atomic E-state index is 0.0764. The van der Waals surface area contributed by atoms with Gasteiger partial charge in [-0.15, -0.1) is 0 Å². The number of amides is 2. The number of benzene rings is 2. The van der Waals surface area contributed by atoms with E-state index in [1.54, 1.807) is 28.9 Å². The van der Waals surface area contributed by atoms with E-state index in [1.807, 2.05) is 40.7 Å². The molecule has 1 heterocycles. The molecular formula is C26H30ClN5O4. The first kappa shape index (κ1) is 26.9. The smallest absolute Gasteiger partial charge is 0.270 e. The van der Waals surface area contributed by atoms with E-state index < -0.39 is 16.7 Å². The number of rotatable bonds is 8. The fourth-order valence-corrected chi connectivity index (χ4v) is 3.69. The van der Waals surface area contributed by atoms with E-state index in [0.717, 1.165) is 11.4 Å². The second-order valence-corrected chi connectivity index (χ2v) is 10.4. The Morgan fingerprint density at radius 1 is 1.14 bits per heavy atom. The number of carbonyl (C=O) groups excluding carboxylic acids is 2. The molecule has 0 atom stereocenters. The standard InChI is InChI=1S/C26H30ClN5O4/c1-17(2)15-30(25(34)18-7-6-8-21(13-18)32(35)36)16-24(33)28-23-14-22(26(3,4)5)29-31(23)20-11-9-19(27)10-12-20/h6-14,17H,15-16H2,1-5H3,(H,28,33). The summed E-state index contributed by atoms with van der Waals surface area (Å²) in [5.74, 6) is -0.332. The van der Waals surface area contributed by atoms with Crippen molar-refractivity contribution in [2.75, 3.05) is 18.4 Å². The van der Waals surface area contributed by atoms with Gasteiger partial charge in [0.2, 0.25) is 5.91 Å². The highest BCUT2D eigenvalue weighted by Gasteiger charge is 2.24. The molecule has 2 aromatic carbocycles. The lowest BCUT2D eigenvalue weighted by molar-refractivity contribution is -0.384. The van der Waals surface area contributed by atoms with Gasteiger partial charge in [-0.25, -0.2) is 4.68 Å². The predicted molar refractivity (Wildman–Crippen MR) is 140 cm³/mol. The highest BCUT2D eigenvalue weighted by atomic mass is 35.5. The summed E-state index contributed by atoms with van der Waals surface area (Å²) in [6.07, 6.45) is 0. The zero-order chi connectivity index (χ0) is 26.6. The highest BCUT2D eigenvalue weighted by molar-refractivity contribution is 6.30. The molecule has 1 N–H and O–H groups in total. The summed E-state index contributed by atoms with van der Waals surface area (Å²) >= 11 is 6.03. The van der Waals surface area contributed by atoms with E-state index in [2.05, 4.69) is 10.4 Å². The van der Waals surface area contributed by atoms with E-state index in [1.165, 1.54) is 29.2 Å². The first-order valence-corrected chi connectivity index (χ1v) is 11.9. The molecule has 0 aliphatic carbocycles. The third kappa shape index (κ3) is 6.69. The van der Waals surface area contributed by atoms with Gasteiger partial charge in [0.05, 0.1) is 16.3 Å². The Morgan fingerprint density at radius 2 is 1.81 bits per heavy atom. The molecule has 2 amide bonds. The van der Waals surface area contributed by atoms with Crippen molar-refractivity contribution in [1.29, 1.82) is 0 Å². The Labute approximate surface area is 215 Å². The van der Waals surface area contributed by atoms with Crippen molar-refractivity contribution >= 4 is 34.9 Å². The van der Waals surface area contributed by atoms with Crippen LogP contribution in [0.2, 0.25) is 5.02 Å². The first-order chi connectivity index (χ1) is 16.8. The van der Waals surface area contributed by atoms with Crippen molar-refractivity contribution in [3.8, 4) is 5.69 Å². The van der Waals surface area contributed by atoms with Gasteiger partial charge >= 0.3 is 0 Å². The lowest BCUT2D eigenvalue weighted by Gasteiger charge is -2.24. The first-order valence-electron chi connectivity index (χ1n) is 11.5. The third-order valence-corrected chi connectivity index (χ3v) is 5.58. The maximum Gasteiger partial charge on any atom is 0.270 e. The molecule has 0 fully saturated rings. The van der Waals surface area contributed by atoms with Gasteiger partial charge in [-0.1, -0.05) is 52.3 Å². The van der Waals surface area contributed by atoms with Crippen LogP contribution >= 0.6 is 11.6 Å². The molecule has 0 unspecified atom stereocenters. The van der Waals surface area contributed by atoms with Crippen LogP contribution in [0.1, 0.15) is 50.7 Å². The lowest BCUT2D eigenvalue weighted by atomic mass is 9.92. The van der Waals surface area contributed by atoms with Crippen molar-refractivity contribution in [3.05, 3.63) is 81.0 Å². The summed E-state index contributed by atoms with van der Waals surface area (Å²) in [5.41, 5.74) is 1.20. The van der Waals surface area contributed by atoms with E-state index in [9.17, 15) is 19.7 Å². The SMILES string of the molecule is CC(C)CN(CC(=O)Nc1cc(C(C)(C)C)nn1-c1ccc(Cl)cc1)C(=O)c1cccc([N+](=O)[O-])c1. The van der Waals surface area contributed by atoms with Crippen molar-refractivity contribution in [2.24, 2.45) is 5.92 Å². The summed E-state index contributed by atoms with van der Waals surface area (Å²) in [5, 5.41) is 19.3. The zero-order valence-electron chi connectivity index (χ0n) is 21.0. The van der Waals surface area contributed by atoms with Gasteiger partial charge in [-0.3, -0.25) is 19.7 Å². The Hall–Kier alpha value is -3.72.